The standard InChI is InChI=1S/C17H14N2/c1-2-7-14(8-3-1)16-10-4-5-11-17(16)19-13-15-9-6-12-18-15/h1-13,18H. The molecule has 2 nitrogen and oxygen atoms in total. The van der Waals surface area contributed by atoms with Gasteiger partial charge in [0.25, 0.3) is 0 Å². The van der Waals surface area contributed by atoms with E-state index < -0.39 is 0 Å². The topological polar surface area (TPSA) is 28.1 Å². The fourth-order valence-corrected chi connectivity index (χ4v) is 2.01. The summed E-state index contributed by atoms with van der Waals surface area (Å²) in [4.78, 5) is 7.69. The smallest absolute Gasteiger partial charge is 0.0708 e. The van der Waals surface area contributed by atoms with Crippen LogP contribution in [0.2, 0.25) is 0 Å². The van der Waals surface area contributed by atoms with Gasteiger partial charge in [-0.05, 0) is 23.8 Å². The van der Waals surface area contributed by atoms with E-state index in [9.17, 15) is 0 Å². The Labute approximate surface area is 112 Å². The highest BCUT2D eigenvalue weighted by Crippen LogP contribution is 2.29. The second-order valence-electron chi connectivity index (χ2n) is 4.27. The number of aromatic amines is 1. The number of aromatic nitrogens is 1. The van der Waals surface area contributed by atoms with Crippen molar-refractivity contribution in [2.45, 2.75) is 0 Å². The molecule has 2 heteroatoms. The van der Waals surface area contributed by atoms with Crippen molar-refractivity contribution in [3.8, 4) is 11.1 Å². The van der Waals surface area contributed by atoms with Crippen molar-refractivity contribution in [3.63, 3.8) is 0 Å². The Balaban J connectivity index is 1.99. The molecule has 0 radical (unpaired) electrons. The summed E-state index contributed by atoms with van der Waals surface area (Å²) >= 11 is 0. The minimum atomic E-state index is 0.975. The molecule has 0 fully saturated rings. The molecule has 0 spiro atoms. The molecule has 0 aliphatic rings. The van der Waals surface area contributed by atoms with Crippen molar-refractivity contribution < 1.29 is 0 Å². The number of H-pyrrole nitrogens is 1. The van der Waals surface area contributed by atoms with E-state index in [-0.39, 0.29) is 0 Å². The number of nitrogens with one attached hydrogen (secondary N) is 1. The van der Waals surface area contributed by atoms with E-state index in [0.29, 0.717) is 0 Å². The maximum atomic E-state index is 4.57. The van der Waals surface area contributed by atoms with Crippen molar-refractivity contribution in [3.05, 3.63) is 78.6 Å². The summed E-state index contributed by atoms with van der Waals surface area (Å²) in [6.07, 6.45) is 3.74. The molecule has 0 unspecified atom stereocenters. The van der Waals surface area contributed by atoms with Gasteiger partial charge in [-0.15, -0.1) is 0 Å². The molecule has 3 rings (SSSR count). The number of aliphatic imine (C=N–C) groups is 1. The minimum Gasteiger partial charge on any atom is -0.360 e. The van der Waals surface area contributed by atoms with Crippen LogP contribution in [-0.4, -0.2) is 11.2 Å². The third-order valence-corrected chi connectivity index (χ3v) is 2.95. The maximum absolute atomic E-state index is 4.57. The van der Waals surface area contributed by atoms with Crippen molar-refractivity contribution in [2.75, 3.05) is 0 Å². The van der Waals surface area contributed by atoms with Crippen LogP contribution in [0.15, 0.2) is 77.9 Å². The zero-order chi connectivity index (χ0) is 12.9. The van der Waals surface area contributed by atoms with E-state index >= 15 is 0 Å². The van der Waals surface area contributed by atoms with Gasteiger partial charge < -0.3 is 4.98 Å². The molecule has 19 heavy (non-hydrogen) atoms. The lowest BCUT2D eigenvalue weighted by Crippen LogP contribution is -1.81. The van der Waals surface area contributed by atoms with Crippen LogP contribution in [0.5, 0.6) is 0 Å². The van der Waals surface area contributed by atoms with Gasteiger partial charge in [-0.2, -0.15) is 0 Å². The number of rotatable bonds is 3. The number of para-hydroxylation sites is 1. The van der Waals surface area contributed by atoms with Crippen molar-refractivity contribution in [1.82, 2.24) is 4.98 Å². The van der Waals surface area contributed by atoms with Gasteiger partial charge in [0, 0.05) is 11.8 Å². The normalized spacial score (nSPS) is 10.9. The average Bonchev–Trinajstić information content (AvgIpc) is 3.00. The number of hydrogen-bond acceptors (Lipinski definition) is 1. The van der Waals surface area contributed by atoms with E-state index in [4.69, 9.17) is 0 Å². The van der Waals surface area contributed by atoms with Gasteiger partial charge >= 0.3 is 0 Å². The molecule has 0 atom stereocenters. The third kappa shape index (κ3) is 2.63. The summed E-state index contributed by atoms with van der Waals surface area (Å²) in [5, 5.41) is 0. The van der Waals surface area contributed by atoms with Crippen LogP contribution in [0, 0.1) is 0 Å². The lowest BCUT2D eigenvalue weighted by molar-refractivity contribution is 1.38. The van der Waals surface area contributed by atoms with Crippen LogP contribution in [0.4, 0.5) is 5.69 Å². The minimum absolute atomic E-state index is 0.975. The average molecular weight is 246 g/mol. The predicted molar refractivity (Wildman–Crippen MR) is 79.9 cm³/mol. The van der Waals surface area contributed by atoms with Crippen LogP contribution >= 0.6 is 0 Å². The van der Waals surface area contributed by atoms with E-state index in [1.54, 1.807) is 0 Å². The lowest BCUT2D eigenvalue weighted by Gasteiger charge is -2.05. The predicted octanol–water partition coefficient (Wildman–Crippen LogP) is 4.43. The van der Waals surface area contributed by atoms with Gasteiger partial charge in [-0.3, -0.25) is 4.99 Å². The van der Waals surface area contributed by atoms with Gasteiger partial charge in [0.2, 0.25) is 0 Å². The molecule has 0 saturated carbocycles. The summed E-state index contributed by atoms with van der Waals surface area (Å²) in [5.41, 5.74) is 4.30. The Hall–Kier alpha value is -2.61. The van der Waals surface area contributed by atoms with Gasteiger partial charge in [-0.1, -0.05) is 48.5 Å². The summed E-state index contributed by atoms with van der Waals surface area (Å²) in [6, 6.07) is 22.4. The molecular formula is C17H14N2. The first-order valence-corrected chi connectivity index (χ1v) is 6.25. The van der Waals surface area contributed by atoms with Crippen LogP contribution in [0.3, 0.4) is 0 Å². The Bertz CT molecular complexity index is 668. The highest BCUT2D eigenvalue weighted by atomic mass is 14.8. The molecule has 1 N–H and O–H groups in total. The zero-order valence-electron chi connectivity index (χ0n) is 10.5. The summed E-state index contributed by atoms with van der Waals surface area (Å²) in [5.74, 6) is 0. The Morgan fingerprint density at radius 1 is 0.789 bits per heavy atom. The van der Waals surface area contributed by atoms with Crippen molar-refractivity contribution >= 4 is 11.9 Å². The third-order valence-electron chi connectivity index (χ3n) is 2.95. The van der Waals surface area contributed by atoms with Crippen molar-refractivity contribution in [2.24, 2.45) is 4.99 Å². The van der Waals surface area contributed by atoms with Gasteiger partial charge in [-0.25, -0.2) is 0 Å². The molecule has 2 aromatic carbocycles. The SMILES string of the molecule is C(=Nc1ccccc1-c1ccccc1)c1ccc[nH]1. The summed E-state index contributed by atoms with van der Waals surface area (Å²) in [6.45, 7) is 0. The monoisotopic (exact) mass is 246 g/mol. The Morgan fingerprint density at radius 2 is 1.58 bits per heavy atom. The number of benzene rings is 2. The summed E-state index contributed by atoms with van der Waals surface area (Å²) in [7, 11) is 0. The second-order valence-corrected chi connectivity index (χ2v) is 4.27. The van der Waals surface area contributed by atoms with Crippen LogP contribution in [0.25, 0.3) is 11.1 Å². The van der Waals surface area contributed by atoms with Crippen LogP contribution < -0.4 is 0 Å². The van der Waals surface area contributed by atoms with Gasteiger partial charge in [0.15, 0.2) is 0 Å². The van der Waals surface area contributed by atoms with Gasteiger partial charge in [0.05, 0.1) is 17.6 Å². The zero-order valence-corrected chi connectivity index (χ0v) is 10.5. The van der Waals surface area contributed by atoms with Crippen molar-refractivity contribution in [1.29, 1.82) is 0 Å². The lowest BCUT2D eigenvalue weighted by atomic mass is 10.0. The summed E-state index contributed by atoms with van der Waals surface area (Å²) < 4.78 is 0. The molecule has 0 aliphatic heterocycles. The molecule has 0 bridgehead atoms. The molecule has 0 amide bonds. The molecule has 1 heterocycles. The first-order valence-electron chi connectivity index (χ1n) is 6.25. The maximum Gasteiger partial charge on any atom is 0.0708 e. The quantitative estimate of drug-likeness (QED) is 0.662. The van der Waals surface area contributed by atoms with Crippen LogP contribution in [0.1, 0.15) is 5.69 Å². The number of hydrogen-bond donors (Lipinski definition) is 1. The molecule has 0 aliphatic carbocycles. The molecule has 3 aromatic rings. The van der Waals surface area contributed by atoms with Gasteiger partial charge in [0.1, 0.15) is 0 Å². The van der Waals surface area contributed by atoms with E-state index in [1.165, 1.54) is 5.56 Å². The Kier molecular flexibility index (Phi) is 3.24. The largest absolute Gasteiger partial charge is 0.360 e. The highest BCUT2D eigenvalue weighted by Gasteiger charge is 2.01. The first-order chi connectivity index (χ1) is 9.43. The number of nitrogens with zero attached hydrogens (tertiary/aromatic N) is 1. The van der Waals surface area contributed by atoms with Crippen LogP contribution in [-0.2, 0) is 0 Å². The molecule has 92 valence electrons. The molecular weight excluding hydrogens is 232 g/mol. The van der Waals surface area contributed by atoms with E-state index in [1.807, 2.05) is 60.9 Å². The fourth-order valence-electron chi connectivity index (χ4n) is 2.01. The Morgan fingerprint density at radius 3 is 2.37 bits per heavy atom. The highest BCUT2D eigenvalue weighted by molar-refractivity contribution is 5.84. The molecule has 0 saturated heterocycles. The second kappa shape index (κ2) is 5.36. The van der Waals surface area contributed by atoms with E-state index in [2.05, 4.69) is 28.2 Å². The first kappa shape index (κ1) is 11.5. The molecule has 1 aromatic heterocycles. The fraction of sp³-hybridized carbons (Fsp3) is 0. The van der Waals surface area contributed by atoms with E-state index in [0.717, 1.165) is 16.9 Å².